The number of halogens is 4. The van der Waals surface area contributed by atoms with Crippen LogP contribution in [0.5, 0.6) is 0 Å². The Morgan fingerprint density at radius 2 is 1.81 bits per heavy atom. The third kappa shape index (κ3) is 3.37. The van der Waals surface area contributed by atoms with Crippen LogP contribution < -0.4 is 0 Å². The van der Waals surface area contributed by atoms with Crippen LogP contribution in [0, 0.1) is 0 Å². The minimum atomic E-state index is -4.85. The highest BCUT2D eigenvalue weighted by Crippen LogP contribution is 2.39. The molecule has 1 atom stereocenters. The first-order chi connectivity index (χ1) is 12.1. The summed E-state index contributed by atoms with van der Waals surface area (Å²) in [6.45, 7) is 0. The lowest BCUT2D eigenvalue weighted by atomic mass is 10.1. The van der Waals surface area contributed by atoms with Gasteiger partial charge in [-0.25, -0.2) is 8.42 Å². The molecule has 0 aliphatic carbocycles. The molecular weight excluding hydrogens is 395 g/mol. The van der Waals surface area contributed by atoms with Gasteiger partial charge in [0, 0.05) is 12.1 Å². The van der Waals surface area contributed by atoms with Gasteiger partial charge >= 0.3 is 6.18 Å². The lowest BCUT2D eigenvalue weighted by Gasteiger charge is -2.29. The first-order valence-corrected chi connectivity index (χ1v) is 8.90. The van der Waals surface area contributed by atoms with E-state index in [1.165, 1.54) is 18.2 Å². The summed E-state index contributed by atoms with van der Waals surface area (Å²) in [5.41, 5.74) is -0.00461. The number of rotatable bonds is 4. The molecule has 0 fully saturated rings. The Hall–Kier alpha value is -2.24. The second kappa shape index (κ2) is 6.49. The molecule has 2 aromatic heterocycles. The quantitative estimate of drug-likeness (QED) is 0.666. The van der Waals surface area contributed by atoms with Crippen molar-refractivity contribution in [1.82, 2.24) is 24.1 Å². The van der Waals surface area contributed by atoms with Gasteiger partial charge in [-0.1, -0.05) is 23.7 Å². The summed E-state index contributed by atoms with van der Waals surface area (Å²) >= 11 is 5.70. The summed E-state index contributed by atoms with van der Waals surface area (Å²) in [5, 5.41) is 10.7. The molecule has 0 unspecified atom stereocenters. The average Bonchev–Trinajstić information content (AvgIpc) is 3.03. The molecular formula is C14H11ClF3N5O2S. The van der Waals surface area contributed by atoms with Crippen LogP contribution in [0.15, 0.2) is 47.8 Å². The molecule has 1 aromatic carbocycles. The van der Waals surface area contributed by atoms with Crippen molar-refractivity contribution in [2.75, 3.05) is 7.05 Å². The van der Waals surface area contributed by atoms with E-state index in [0.717, 1.165) is 36.1 Å². The third-order valence-electron chi connectivity index (χ3n) is 3.64. The number of nitrogens with zero attached hydrogens (tertiary/aromatic N) is 5. The lowest BCUT2D eigenvalue weighted by Crippen LogP contribution is -2.40. The molecule has 2 heterocycles. The fourth-order valence-corrected chi connectivity index (χ4v) is 3.76. The van der Waals surface area contributed by atoms with Gasteiger partial charge in [0.05, 0.1) is 0 Å². The van der Waals surface area contributed by atoms with Gasteiger partial charge in [0.15, 0.2) is 10.7 Å². The number of alkyl halides is 3. The van der Waals surface area contributed by atoms with E-state index in [2.05, 4.69) is 15.3 Å². The van der Waals surface area contributed by atoms with Crippen LogP contribution >= 0.6 is 11.6 Å². The van der Waals surface area contributed by atoms with Crippen LogP contribution in [0.25, 0.3) is 5.65 Å². The normalized spacial score (nSPS) is 14.1. The highest BCUT2D eigenvalue weighted by Gasteiger charge is 2.48. The Labute approximate surface area is 151 Å². The van der Waals surface area contributed by atoms with Crippen LogP contribution in [-0.2, 0) is 10.0 Å². The fourth-order valence-electron chi connectivity index (χ4n) is 2.38. The molecule has 0 saturated carbocycles. The number of aromatic nitrogens is 4. The highest BCUT2D eigenvalue weighted by molar-refractivity contribution is 7.89. The molecule has 0 aliphatic heterocycles. The van der Waals surface area contributed by atoms with Gasteiger partial charge in [-0.05, 0) is 29.8 Å². The predicted molar refractivity (Wildman–Crippen MR) is 86.0 cm³/mol. The number of benzene rings is 1. The van der Waals surface area contributed by atoms with Gasteiger partial charge in [0.1, 0.15) is 12.4 Å². The predicted octanol–water partition coefficient (Wildman–Crippen LogP) is 2.70. The van der Waals surface area contributed by atoms with Gasteiger partial charge < -0.3 is 0 Å². The van der Waals surface area contributed by atoms with Crippen molar-refractivity contribution in [1.29, 1.82) is 0 Å². The first kappa shape index (κ1) is 18.5. The van der Waals surface area contributed by atoms with Gasteiger partial charge in [0.25, 0.3) is 10.0 Å². The Bertz CT molecular complexity index is 1040. The lowest BCUT2D eigenvalue weighted by molar-refractivity contribution is -0.171. The van der Waals surface area contributed by atoms with E-state index in [4.69, 9.17) is 11.6 Å². The van der Waals surface area contributed by atoms with Crippen LogP contribution in [0.4, 0.5) is 13.2 Å². The average molecular weight is 406 g/mol. The molecule has 138 valence electrons. The van der Waals surface area contributed by atoms with E-state index < -0.39 is 27.3 Å². The molecule has 7 nitrogen and oxygen atoms in total. The molecule has 26 heavy (non-hydrogen) atoms. The van der Waals surface area contributed by atoms with Crippen LogP contribution in [0.1, 0.15) is 11.6 Å². The van der Waals surface area contributed by atoms with Gasteiger partial charge in [-0.15, -0.1) is 10.2 Å². The van der Waals surface area contributed by atoms with Crippen molar-refractivity contribution in [2.45, 2.75) is 17.2 Å². The maximum atomic E-state index is 13.6. The summed E-state index contributed by atoms with van der Waals surface area (Å²) in [5.74, 6) is 0. The summed E-state index contributed by atoms with van der Waals surface area (Å²) in [4.78, 5) is 0. The Morgan fingerprint density at radius 3 is 2.42 bits per heavy atom. The second-order valence-electron chi connectivity index (χ2n) is 5.32. The minimum Gasteiger partial charge on any atom is -0.205 e. The van der Waals surface area contributed by atoms with E-state index in [0.29, 0.717) is 0 Å². The SMILES string of the molecule is CN([C@H](c1ccc(Cl)cc1)C(F)(F)F)S(=O)(=O)c1ccc2nncn2n1. The van der Waals surface area contributed by atoms with Crippen molar-refractivity contribution in [3.63, 3.8) is 0 Å². The van der Waals surface area contributed by atoms with Crippen molar-refractivity contribution < 1.29 is 21.6 Å². The smallest absolute Gasteiger partial charge is 0.205 e. The molecule has 0 radical (unpaired) electrons. The molecule has 3 rings (SSSR count). The number of hydrogen-bond acceptors (Lipinski definition) is 5. The molecule has 0 saturated heterocycles. The van der Waals surface area contributed by atoms with Crippen LogP contribution in [-0.4, -0.2) is 45.8 Å². The van der Waals surface area contributed by atoms with Crippen LogP contribution in [0.3, 0.4) is 0 Å². The van der Waals surface area contributed by atoms with Gasteiger partial charge in [-0.2, -0.15) is 27.1 Å². The molecule has 0 spiro atoms. The topological polar surface area (TPSA) is 80.5 Å². The van der Waals surface area contributed by atoms with Gasteiger partial charge in [-0.3, -0.25) is 0 Å². The Balaban J connectivity index is 2.07. The van der Waals surface area contributed by atoms with E-state index >= 15 is 0 Å². The van der Waals surface area contributed by atoms with E-state index in [-0.39, 0.29) is 20.5 Å². The van der Waals surface area contributed by atoms with Crippen molar-refractivity contribution in [2.24, 2.45) is 0 Å². The Kier molecular flexibility index (Phi) is 4.63. The first-order valence-electron chi connectivity index (χ1n) is 7.08. The maximum absolute atomic E-state index is 13.6. The van der Waals surface area contributed by atoms with Crippen molar-refractivity contribution in [3.05, 3.63) is 53.3 Å². The molecule has 0 amide bonds. The Morgan fingerprint density at radius 1 is 1.15 bits per heavy atom. The largest absolute Gasteiger partial charge is 0.409 e. The summed E-state index contributed by atoms with van der Waals surface area (Å²) < 4.78 is 67.6. The van der Waals surface area contributed by atoms with Crippen LogP contribution in [0.2, 0.25) is 5.02 Å². The zero-order valence-corrected chi connectivity index (χ0v) is 14.7. The molecule has 12 heteroatoms. The second-order valence-corrected chi connectivity index (χ2v) is 7.70. The number of fused-ring (bicyclic) bond motifs is 1. The highest BCUT2D eigenvalue weighted by atomic mass is 35.5. The molecule has 0 bridgehead atoms. The van der Waals surface area contributed by atoms with Crippen molar-refractivity contribution in [3.8, 4) is 0 Å². The van der Waals surface area contributed by atoms with Gasteiger partial charge in [0.2, 0.25) is 0 Å². The van der Waals surface area contributed by atoms with E-state index in [1.54, 1.807) is 0 Å². The minimum absolute atomic E-state index is 0.231. The fraction of sp³-hybridized carbons (Fsp3) is 0.214. The standard InChI is InChI=1S/C14H11ClF3N5O2S/c1-22(13(14(16,17)18)9-2-4-10(15)5-3-9)26(24,25)12-7-6-11-20-19-8-23(11)21-12/h2-8,13H,1H3/t13-/m1/s1. The zero-order valence-electron chi connectivity index (χ0n) is 13.1. The van der Waals surface area contributed by atoms with E-state index in [9.17, 15) is 21.6 Å². The van der Waals surface area contributed by atoms with Crippen molar-refractivity contribution >= 4 is 27.3 Å². The maximum Gasteiger partial charge on any atom is 0.409 e. The molecule has 0 N–H and O–H groups in total. The molecule has 0 aliphatic rings. The number of sulfonamides is 1. The third-order valence-corrected chi connectivity index (χ3v) is 5.61. The zero-order chi connectivity index (χ0) is 19.1. The summed E-state index contributed by atoms with van der Waals surface area (Å²) in [7, 11) is -3.71. The summed E-state index contributed by atoms with van der Waals surface area (Å²) in [6.07, 6.45) is -3.70. The monoisotopic (exact) mass is 405 g/mol. The summed E-state index contributed by atoms with van der Waals surface area (Å²) in [6, 6.07) is 4.75. The number of hydrogen-bond donors (Lipinski definition) is 0. The molecule has 3 aromatic rings. The van der Waals surface area contributed by atoms with E-state index in [1.807, 2.05) is 0 Å².